The van der Waals surface area contributed by atoms with Crippen molar-refractivity contribution in [1.29, 1.82) is 0 Å². The number of amides is 1. The van der Waals surface area contributed by atoms with Crippen molar-refractivity contribution in [2.45, 2.75) is 53.1 Å². The Morgan fingerprint density at radius 1 is 1.06 bits per heavy atom. The number of nitrogens with one attached hydrogen (secondary N) is 1. The monoisotopic (exact) mass is 500 g/mol. The summed E-state index contributed by atoms with van der Waals surface area (Å²) in [6.45, 7) is 10.1. The van der Waals surface area contributed by atoms with E-state index in [9.17, 15) is 9.59 Å². The van der Waals surface area contributed by atoms with Crippen LogP contribution in [0.1, 0.15) is 38.6 Å². The van der Waals surface area contributed by atoms with Gasteiger partial charge in [0.2, 0.25) is 5.91 Å². The molecule has 0 radical (unpaired) electrons. The van der Waals surface area contributed by atoms with Crippen LogP contribution in [0.5, 0.6) is 0 Å². The van der Waals surface area contributed by atoms with Crippen LogP contribution in [0.15, 0.2) is 53.5 Å². The third kappa shape index (κ3) is 4.54. The zero-order valence-electron chi connectivity index (χ0n) is 21.0. The van der Waals surface area contributed by atoms with E-state index in [1.54, 1.807) is 29.1 Å². The van der Waals surface area contributed by atoms with Crippen LogP contribution < -0.4 is 10.9 Å². The van der Waals surface area contributed by atoms with Gasteiger partial charge in [0.1, 0.15) is 16.2 Å². The Hall–Kier alpha value is -3.85. The molecule has 8 nitrogen and oxygen atoms in total. The first-order valence-electron chi connectivity index (χ1n) is 11.8. The lowest BCUT2D eigenvalue weighted by molar-refractivity contribution is -0.116. The first kappa shape index (κ1) is 23.9. The average molecular weight is 501 g/mol. The predicted octanol–water partition coefficient (Wildman–Crippen LogP) is 5.27. The molecule has 9 heteroatoms. The molecule has 0 aliphatic heterocycles. The lowest BCUT2D eigenvalue weighted by atomic mass is 10.1. The fourth-order valence-corrected chi connectivity index (χ4v) is 5.22. The van der Waals surface area contributed by atoms with Crippen LogP contribution in [0, 0.1) is 13.8 Å². The van der Waals surface area contributed by atoms with E-state index in [0.29, 0.717) is 22.5 Å². The second-order valence-electron chi connectivity index (χ2n) is 9.95. The molecule has 0 saturated heterocycles. The smallest absolute Gasteiger partial charge is 0.264 e. The van der Waals surface area contributed by atoms with Crippen molar-refractivity contribution in [3.05, 3.63) is 70.4 Å². The number of carbonyl (C=O) groups is 1. The van der Waals surface area contributed by atoms with Crippen molar-refractivity contribution in [2.75, 3.05) is 5.32 Å². The van der Waals surface area contributed by atoms with Crippen LogP contribution in [0.4, 0.5) is 5.69 Å². The minimum atomic E-state index is -0.290. The van der Waals surface area contributed by atoms with Crippen LogP contribution >= 0.6 is 11.3 Å². The highest BCUT2D eigenvalue weighted by Gasteiger charge is 2.21. The first-order valence-corrected chi connectivity index (χ1v) is 12.6. The summed E-state index contributed by atoms with van der Waals surface area (Å²) < 4.78 is 4.45. The molecular weight excluding hydrogens is 472 g/mol. The number of rotatable bonds is 5. The molecule has 0 bridgehead atoms. The number of hydrogen-bond acceptors (Lipinski definition) is 6. The van der Waals surface area contributed by atoms with Crippen molar-refractivity contribution >= 4 is 44.2 Å². The number of aromatic nitrogens is 5. The zero-order valence-corrected chi connectivity index (χ0v) is 21.8. The number of thiazole rings is 1. The fraction of sp³-hybridized carbons (Fsp3) is 0.296. The van der Waals surface area contributed by atoms with Crippen molar-refractivity contribution < 1.29 is 4.79 Å². The number of carbonyl (C=O) groups excluding carboxylic acids is 1. The van der Waals surface area contributed by atoms with E-state index in [1.165, 1.54) is 10.1 Å². The second-order valence-corrected chi connectivity index (χ2v) is 11.0. The van der Waals surface area contributed by atoms with Crippen LogP contribution in [0.25, 0.3) is 31.8 Å². The number of aryl methyl sites for hydroxylation is 2. The van der Waals surface area contributed by atoms with Crippen molar-refractivity contribution in [1.82, 2.24) is 24.3 Å². The predicted molar refractivity (Wildman–Crippen MR) is 145 cm³/mol. The van der Waals surface area contributed by atoms with Crippen molar-refractivity contribution in [3.8, 4) is 10.6 Å². The third-order valence-electron chi connectivity index (χ3n) is 6.04. The van der Waals surface area contributed by atoms with Crippen LogP contribution in [0.3, 0.4) is 0 Å². The molecular formula is C27H28N6O2S. The summed E-state index contributed by atoms with van der Waals surface area (Å²) in [5, 5.41) is 8.68. The Kier molecular flexibility index (Phi) is 5.96. The Bertz CT molecular complexity index is 1650. The number of benzene rings is 2. The van der Waals surface area contributed by atoms with Gasteiger partial charge < -0.3 is 5.32 Å². The number of anilines is 1. The SMILES string of the molecule is Cc1ccc2nc(-c3ccc(NC(=O)CCn4c(C)nc5c(cnn5C(C)(C)C)c4=O)cc3)sc2c1. The Labute approximate surface area is 212 Å². The normalized spacial score (nSPS) is 11.9. The van der Waals surface area contributed by atoms with E-state index < -0.39 is 0 Å². The van der Waals surface area contributed by atoms with Gasteiger partial charge in [0, 0.05) is 24.2 Å². The molecule has 184 valence electrons. The quantitative estimate of drug-likeness (QED) is 0.355. The average Bonchev–Trinajstić information content (AvgIpc) is 3.43. The van der Waals surface area contributed by atoms with E-state index >= 15 is 0 Å². The molecule has 2 aromatic carbocycles. The van der Waals surface area contributed by atoms with E-state index in [0.717, 1.165) is 20.8 Å². The summed E-state index contributed by atoms with van der Waals surface area (Å²) in [5.74, 6) is 0.386. The molecule has 0 spiro atoms. The number of hydrogen-bond donors (Lipinski definition) is 1. The highest BCUT2D eigenvalue weighted by molar-refractivity contribution is 7.21. The molecule has 1 amide bonds. The van der Waals surface area contributed by atoms with Gasteiger partial charge in [0.15, 0.2) is 5.65 Å². The molecule has 5 rings (SSSR count). The molecule has 0 aliphatic rings. The molecule has 0 aliphatic carbocycles. The highest BCUT2D eigenvalue weighted by Crippen LogP contribution is 2.31. The molecule has 5 aromatic rings. The Morgan fingerprint density at radius 3 is 2.53 bits per heavy atom. The van der Waals surface area contributed by atoms with Crippen molar-refractivity contribution in [2.24, 2.45) is 0 Å². The molecule has 3 aromatic heterocycles. The summed E-state index contributed by atoms with van der Waals surface area (Å²) in [7, 11) is 0. The minimum Gasteiger partial charge on any atom is -0.326 e. The fourth-order valence-electron chi connectivity index (χ4n) is 4.15. The van der Waals surface area contributed by atoms with Gasteiger partial charge in [-0.2, -0.15) is 5.10 Å². The van der Waals surface area contributed by atoms with Gasteiger partial charge in [0.25, 0.3) is 5.56 Å². The summed E-state index contributed by atoms with van der Waals surface area (Å²) in [5.41, 5.74) is 3.99. The van der Waals surface area contributed by atoms with E-state index in [1.807, 2.05) is 51.1 Å². The van der Waals surface area contributed by atoms with Crippen LogP contribution in [-0.4, -0.2) is 30.2 Å². The van der Waals surface area contributed by atoms with Gasteiger partial charge >= 0.3 is 0 Å². The Balaban J connectivity index is 1.27. The lowest BCUT2D eigenvalue weighted by Crippen LogP contribution is -2.28. The van der Waals surface area contributed by atoms with Gasteiger partial charge in [-0.25, -0.2) is 14.6 Å². The van der Waals surface area contributed by atoms with Gasteiger partial charge in [-0.05, 0) is 76.6 Å². The van der Waals surface area contributed by atoms with E-state index in [-0.39, 0.29) is 30.0 Å². The maximum atomic E-state index is 13.0. The maximum Gasteiger partial charge on any atom is 0.264 e. The van der Waals surface area contributed by atoms with Gasteiger partial charge in [-0.15, -0.1) is 11.3 Å². The summed E-state index contributed by atoms with van der Waals surface area (Å²) in [6, 6.07) is 13.9. The number of fused-ring (bicyclic) bond motifs is 2. The van der Waals surface area contributed by atoms with E-state index in [4.69, 9.17) is 4.98 Å². The molecule has 0 unspecified atom stereocenters. The molecule has 0 fully saturated rings. The molecule has 1 N–H and O–H groups in total. The standard InChI is InChI=1S/C27H28N6O2S/c1-16-6-11-21-22(14-16)36-25(31-21)18-7-9-19(10-8-18)30-23(34)12-13-32-17(2)29-24-20(26(32)35)15-28-33(24)27(3,4)5/h6-11,14-15H,12-13H2,1-5H3,(H,30,34). The summed E-state index contributed by atoms with van der Waals surface area (Å²) >= 11 is 1.65. The van der Waals surface area contributed by atoms with E-state index in [2.05, 4.69) is 34.5 Å². The molecule has 36 heavy (non-hydrogen) atoms. The van der Waals surface area contributed by atoms with Gasteiger partial charge in [0.05, 0.1) is 22.0 Å². The lowest BCUT2D eigenvalue weighted by Gasteiger charge is -2.20. The first-order chi connectivity index (χ1) is 17.1. The minimum absolute atomic E-state index is 0.153. The number of nitrogens with zero attached hydrogens (tertiary/aromatic N) is 5. The third-order valence-corrected chi connectivity index (χ3v) is 7.10. The highest BCUT2D eigenvalue weighted by atomic mass is 32.1. The summed E-state index contributed by atoms with van der Waals surface area (Å²) in [6.07, 6.45) is 1.71. The zero-order chi connectivity index (χ0) is 25.6. The topological polar surface area (TPSA) is 94.7 Å². The van der Waals surface area contributed by atoms with Gasteiger partial charge in [-0.3, -0.25) is 14.2 Å². The second kappa shape index (κ2) is 8.98. The largest absolute Gasteiger partial charge is 0.326 e. The maximum absolute atomic E-state index is 13.0. The van der Waals surface area contributed by atoms with Gasteiger partial charge in [-0.1, -0.05) is 6.07 Å². The van der Waals surface area contributed by atoms with Crippen molar-refractivity contribution in [3.63, 3.8) is 0 Å². The summed E-state index contributed by atoms with van der Waals surface area (Å²) in [4.78, 5) is 35.0. The Morgan fingerprint density at radius 2 is 1.81 bits per heavy atom. The molecule has 3 heterocycles. The van der Waals surface area contributed by atoms with Crippen LogP contribution in [-0.2, 0) is 16.9 Å². The molecule has 0 saturated carbocycles. The molecule has 0 atom stereocenters. The van der Waals surface area contributed by atoms with Crippen LogP contribution in [0.2, 0.25) is 0 Å².